The van der Waals surface area contributed by atoms with E-state index in [-0.39, 0.29) is 6.10 Å². The Morgan fingerprint density at radius 3 is 2.64 bits per heavy atom. The summed E-state index contributed by atoms with van der Waals surface area (Å²) in [6.07, 6.45) is 3.06. The topological polar surface area (TPSA) is 26.3 Å². The number of benzene rings is 1. The van der Waals surface area contributed by atoms with Crippen LogP contribution >= 0.6 is 0 Å². The first-order valence-electron chi connectivity index (χ1n) is 5.02. The van der Waals surface area contributed by atoms with E-state index in [1.54, 1.807) is 12.1 Å². The molecular weight excluding hydrogens is 176 g/mol. The molecule has 0 aliphatic rings. The monoisotopic (exact) mass is 192 g/mol. The number of hydrogen-bond donors (Lipinski definition) is 0. The van der Waals surface area contributed by atoms with Crippen molar-refractivity contribution in [1.82, 2.24) is 0 Å². The quantitative estimate of drug-likeness (QED) is 0.670. The number of rotatable bonds is 5. The van der Waals surface area contributed by atoms with Crippen LogP contribution in [0.1, 0.15) is 37.0 Å². The van der Waals surface area contributed by atoms with Crippen LogP contribution < -0.4 is 4.74 Å². The smallest absolute Gasteiger partial charge is 0.150 e. The van der Waals surface area contributed by atoms with Gasteiger partial charge in [-0.3, -0.25) is 4.79 Å². The van der Waals surface area contributed by atoms with Crippen LogP contribution in [0.15, 0.2) is 24.3 Å². The third kappa shape index (κ3) is 2.87. The maximum absolute atomic E-state index is 10.5. The number of hydrogen-bond acceptors (Lipinski definition) is 2. The molecule has 1 aromatic carbocycles. The first kappa shape index (κ1) is 10.8. The van der Waals surface area contributed by atoms with Crippen molar-refractivity contribution >= 4 is 6.29 Å². The number of aldehydes is 1. The van der Waals surface area contributed by atoms with E-state index in [4.69, 9.17) is 4.74 Å². The van der Waals surface area contributed by atoms with Crippen LogP contribution in [0.4, 0.5) is 0 Å². The summed E-state index contributed by atoms with van der Waals surface area (Å²) in [5.74, 6) is 0.781. The van der Waals surface area contributed by atoms with E-state index in [1.165, 1.54) is 0 Å². The third-order valence-corrected chi connectivity index (χ3v) is 2.21. The minimum absolute atomic E-state index is 0.247. The summed E-state index contributed by atoms with van der Waals surface area (Å²) in [7, 11) is 0. The zero-order chi connectivity index (χ0) is 10.4. The molecule has 0 saturated heterocycles. The molecule has 0 amide bonds. The third-order valence-electron chi connectivity index (χ3n) is 2.21. The lowest BCUT2D eigenvalue weighted by molar-refractivity contribution is 0.112. The molecule has 14 heavy (non-hydrogen) atoms. The molecule has 76 valence electrons. The Morgan fingerprint density at radius 1 is 1.36 bits per heavy atom. The van der Waals surface area contributed by atoms with Gasteiger partial charge in [0.15, 0.2) is 0 Å². The predicted octanol–water partition coefficient (Wildman–Crippen LogP) is 3.07. The van der Waals surface area contributed by atoms with E-state index in [9.17, 15) is 4.79 Å². The van der Waals surface area contributed by atoms with Gasteiger partial charge in [-0.25, -0.2) is 0 Å². The second-order valence-electron chi connectivity index (χ2n) is 3.25. The second-order valence-corrected chi connectivity index (χ2v) is 3.25. The fourth-order valence-corrected chi connectivity index (χ4v) is 1.31. The van der Waals surface area contributed by atoms with Crippen LogP contribution in [0, 0.1) is 0 Å². The van der Waals surface area contributed by atoms with Crippen LogP contribution in [-0.4, -0.2) is 12.4 Å². The molecule has 0 heterocycles. The Kier molecular flexibility index (Phi) is 4.17. The van der Waals surface area contributed by atoms with Crippen molar-refractivity contribution in [3.05, 3.63) is 29.8 Å². The van der Waals surface area contributed by atoms with E-state index in [0.29, 0.717) is 5.56 Å². The van der Waals surface area contributed by atoms with E-state index >= 15 is 0 Å². The molecule has 0 saturated carbocycles. The molecule has 0 aromatic heterocycles. The minimum Gasteiger partial charge on any atom is -0.490 e. The van der Waals surface area contributed by atoms with Gasteiger partial charge in [-0.1, -0.05) is 26.0 Å². The summed E-state index contributed by atoms with van der Waals surface area (Å²) >= 11 is 0. The zero-order valence-corrected chi connectivity index (χ0v) is 8.69. The SMILES string of the molecule is CCC(CC)Oc1cccc(C=O)c1. The van der Waals surface area contributed by atoms with Gasteiger partial charge in [0, 0.05) is 5.56 Å². The van der Waals surface area contributed by atoms with Crippen LogP contribution in [-0.2, 0) is 0 Å². The molecule has 0 atom stereocenters. The van der Waals surface area contributed by atoms with Gasteiger partial charge in [0.05, 0.1) is 6.10 Å². The molecular formula is C12H16O2. The number of carbonyl (C=O) groups excluding carboxylic acids is 1. The van der Waals surface area contributed by atoms with Gasteiger partial charge in [-0.2, -0.15) is 0 Å². The number of ether oxygens (including phenoxy) is 1. The van der Waals surface area contributed by atoms with Crippen molar-refractivity contribution in [1.29, 1.82) is 0 Å². The van der Waals surface area contributed by atoms with Crippen molar-refractivity contribution < 1.29 is 9.53 Å². The second kappa shape index (κ2) is 5.43. The molecule has 0 spiro atoms. The molecule has 0 N–H and O–H groups in total. The molecule has 2 heteroatoms. The van der Waals surface area contributed by atoms with E-state index in [2.05, 4.69) is 13.8 Å². The first-order valence-corrected chi connectivity index (χ1v) is 5.02. The number of carbonyl (C=O) groups is 1. The summed E-state index contributed by atoms with van der Waals surface area (Å²) in [6, 6.07) is 7.25. The minimum atomic E-state index is 0.247. The van der Waals surface area contributed by atoms with Gasteiger partial charge in [0.25, 0.3) is 0 Å². The standard InChI is InChI=1S/C12H16O2/c1-3-11(4-2)14-12-7-5-6-10(8-12)9-13/h5-9,11H,3-4H2,1-2H3. The predicted molar refractivity (Wildman–Crippen MR) is 56.8 cm³/mol. The van der Waals surface area contributed by atoms with Gasteiger partial charge < -0.3 is 4.74 Å². The first-order chi connectivity index (χ1) is 6.80. The van der Waals surface area contributed by atoms with Gasteiger partial charge >= 0.3 is 0 Å². The molecule has 0 unspecified atom stereocenters. The highest BCUT2D eigenvalue weighted by molar-refractivity contribution is 5.75. The maximum Gasteiger partial charge on any atom is 0.150 e. The summed E-state index contributed by atoms with van der Waals surface area (Å²) in [6.45, 7) is 4.19. The van der Waals surface area contributed by atoms with Crippen LogP contribution in [0.5, 0.6) is 5.75 Å². The zero-order valence-electron chi connectivity index (χ0n) is 8.69. The normalized spacial score (nSPS) is 10.2. The van der Waals surface area contributed by atoms with Gasteiger partial charge in [0.1, 0.15) is 12.0 Å². The molecule has 0 radical (unpaired) electrons. The molecule has 0 fully saturated rings. The maximum atomic E-state index is 10.5. The van der Waals surface area contributed by atoms with Crippen molar-refractivity contribution in [3.8, 4) is 5.75 Å². The van der Waals surface area contributed by atoms with Gasteiger partial charge in [0.2, 0.25) is 0 Å². The lowest BCUT2D eigenvalue weighted by Gasteiger charge is -2.15. The summed E-state index contributed by atoms with van der Waals surface area (Å²) in [5, 5.41) is 0. The summed E-state index contributed by atoms with van der Waals surface area (Å²) in [5.41, 5.74) is 0.661. The molecule has 1 rings (SSSR count). The summed E-state index contributed by atoms with van der Waals surface area (Å²) in [4.78, 5) is 10.5. The molecule has 1 aromatic rings. The van der Waals surface area contributed by atoms with Crippen molar-refractivity contribution in [3.63, 3.8) is 0 Å². The van der Waals surface area contributed by atoms with E-state index < -0.39 is 0 Å². The van der Waals surface area contributed by atoms with E-state index in [1.807, 2.05) is 12.1 Å². The lowest BCUT2D eigenvalue weighted by Crippen LogP contribution is -2.13. The largest absolute Gasteiger partial charge is 0.490 e. The van der Waals surface area contributed by atoms with Gasteiger partial charge in [-0.15, -0.1) is 0 Å². The van der Waals surface area contributed by atoms with Gasteiger partial charge in [-0.05, 0) is 25.0 Å². The fraction of sp³-hybridized carbons (Fsp3) is 0.417. The fourth-order valence-electron chi connectivity index (χ4n) is 1.31. The Morgan fingerprint density at radius 2 is 2.07 bits per heavy atom. The average Bonchev–Trinajstić information content (AvgIpc) is 2.26. The van der Waals surface area contributed by atoms with E-state index in [0.717, 1.165) is 24.9 Å². The Labute approximate surface area is 84.9 Å². The Bertz CT molecular complexity index is 290. The van der Waals surface area contributed by atoms with Crippen LogP contribution in [0.2, 0.25) is 0 Å². The highest BCUT2D eigenvalue weighted by Gasteiger charge is 2.04. The van der Waals surface area contributed by atoms with Crippen LogP contribution in [0.25, 0.3) is 0 Å². The molecule has 0 aliphatic carbocycles. The highest BCUT2D eigenvalue weighted by atomic mass is 16.5. The van der Waals surface area contributed by atoms with Crippen molar-refractivity contribution in [2.75, 3.05) is 0 Å². The van der Waals surface area contributed by atoms with Crippen molar-refractivity contribution in [2.24, 2.45) is 0 Å². The molecule has 2 nitrogen and oxygen atoms in total. The van der Waals surface area contributed by atoms with Crippen LogP contribution in [0.3, 0.4) is 0 Å². The summed E-state index contributed by atoms with van der Waals surface area (Å²) < 4.78 is 5.70. The van der Waals surface area contributed by atoms with Crippen molar-refractivity contribution in [2.45, 2.75) is 32.8 Å². The Hall–Kier alpha value is -1.31. The molecule has 0 bridgehead atoms. The Balaban J connectivity index is 2.70. The highest BCUT2D eigenvalue weighted by Crippen LogP contribution is 2.16. The molecule has 0 aliphatic heterocycles. The average molecular weight is 192 g/mol. The lowest BCUT2D eigenvalue weighted by atomic mass is 10.2.